The Bertz CT molecular complexity index is 904. The van der Waals surface area contributed by atoms with Crippen molar-refractivity contribution in [3.8, 4) is 0 Å². The van der Waals surface area contributed by atoms with E-state index >= 15 is 0 Å². The van der Waals surface area contributed by atoms with Gasteiger partial charge in [0, 0.05) is 17.4 Å². The van der Waals surface area contributed by atoms with E-state index in [1.807, 2.05) is 24.3 Å². The van der Waals surface area contributed by atoms with Crippen LogP contribution in [0.2, 0.25) is 0 Å². The molecule has 0 bridgehead atoms. The van der Waals surface area contributed by atoms with Crippen molar-refractivity contribution in [2.45, 2.75) is 50.6 Å². The molecule has 0 saturated heterocycles. The number of rotatable bonds is 5. The van der Waals surface area contributed by atoms with Crippen LogP contribution in [0.4, 0.5) is 5.69 Å². The van der Waals surface area contributed by atoms with E-state index in [-0.39, 0.29) is 11.6 Å². The second-order valence-electron chi connectivity index (χ2n) is 7.47. The first-order chi connectivity index (χ1) is 12.6. The smallest absolute Gasteiger partial charge is 0.271 e. The molecule has 0 amide bonds. The molecule has 2 aromatic rings. The van der Waals surface area contributed by atoms with Crippen LogP contribution in [-0.2, 0) is 0 Å². The van der Waals surface area contributed by atoms with Gasteiger partial charge in [-0.1, -0.05) is 0 Å². The van der Waals surface area contributed by atoms with Gasteiger partial charge in [-0.15, -0.1) is 0 Å². The molecule has 2 fully saturated rings. The van der Waals surface area contributed by atoms with Crippen molar-refractivity contribution in [1.82, 2.24) is 10.2 Å². The molecule has 7 N–H and O–H groups in total. The van der Waals surface area contributed by atoms with Crippen LogP contribution in [-0.4, -0.2) is 28.1 Å². The van der Waals surface area contributed by atoms with E-state index in [1.165, 1.54) is 12.8 Å². The lowest BCUT2D eigenvalue weighted by Crippen LogP contribution is -2.30. The average molecular weight is 354 g/mol. The number of allylic oxidation sites excluding steroid dienone is 1. The molecule has 7 heteroatoms. The number of fused-ring (bicyclic) bond motifs is 1. The van der Waals surface area contributed by atoms with Gasteiger partial charge in [0.25, 0.3) is 5.56 Å². The van der Waals surface area contributed by atoms with E-state index in [2.05, 4.69) is 20.5 Å². The molecule has 1 heterocycles. The zero-order valence-electron chi connectivity index (χ0n) is 14.8. The summed E-state index contributed by atoms with van der Waals surface area (Å²) in [6.07, 6.45) is 8.39. The molecule has 1 aromatic carbocycles. The van der Waals surface area contributed by atoms with Gasteiger partial charge >= 0.3 is 0 Å². The molecule has 4 rings (SSSR count). The Hall–Kier alpha value is -2.70. The van der Waals surface area contributed by atoms with E-state index in [4.69, 9.17) is 11.5 Å². The maximum Gasteiger partial charge on any atom is 0.271 e. The Morgan fingerprint density at radius 1 is 1.19 bits per heavy atom. The minimum Gasteiger partial charge on any atom is -0.402 e. The molecule has 26 heavy (non-hydrogen) atoms. The van der Waals surface area contributed by atoms with E-state index in [0.29, 0.717) is 23.2 Å². The maximum absolute atomic E-state index is 11.6. The fourth-order valence-electron chi connectivity index (χ4n) is 3.73. The van der Waals surface area contributed by atoms with Gasteiger partial charge in [-0.2, -0.15) is 0 Å². The van der Waals surface area contributed by atoms with E-state index in [9.17, 15) is 4.79 Å². The van der Waals surface area contributed by atoms with Gasteiger partial charge in [0.1, 0.15) is 5.84 Å². The zero-order valence-corrected chi connectivity index (χ0v) is 14.8. The average Bonchev–Trinajstić information content (AvgIpc) is 3.40. The van der Waals surface area contributed by atoms with Crippen molar-refractivity contribution in [3.63, 3.8) is 0 Å². The number of hydrogen-bond acceptors (Lipinski definition) is 4. The van der Waals surface area contributed by atoms with E-state index in [1.54, 1.807) is 0 Å². The molecule has 0 radical (unpaired) electrons. The van der Waals surface area contributed by atoms with Crippen LogP contribution in [0.5, 0.6) is 0 Å². The molecule has 2 unspecified atom stereocenters. The summed E-state index contributed by atoms with van der Waals surface area (Å²) in [6.45, 7) is 0. The fraction of sp³-hybridized carbons (Fsp3) is 0.474. The lowest BCUT2D eigenvalue weighted by Gasteiger charge is -2.28. The Labute approximate surface area is 151 Å². The molecule has 1 aromatic heterocycles. The number of benzene rings is 1. The SMILES string of the molecule is NC(/C=C(\N)C1CC1)=NC1CCCC(Nc2ccc3c(=O)[nH][nH]c3c2)C1. The third-order valence-electron chi connectivity index (χ3n) is 5.29. The number of nitrogens with zero attached hydrogens (tertiary/aromatic N) is 1. The summed E-state index contributed by atoms with van der Waals surface area (Å²) in [6, 6.07) is 6.33. The minimum absolute atomic E-state index is 0.0902. The Morgan fingerprint density at radius 2 is 2.04 bits per heavy atom. The molecule has 0 aliphatic heterocycles. The normalized spacial score (nSPS) is 24.8. The quantitative estimate of drug-likeness (QED) is 0.417. The van der Waals surface area contributed by atoms with Crippen LogP contribution in [0.25, 0.3) is 10.9 Å². The molecule has 2 aliphatic rings. The first-order valence-electron chi connectivity index (χ1n) is 9.36. The van der Waals surface area contributed by atoms with Crippen molar-refractivity contribution in [3.05, 3.63) is 40.3 Å². The van der Waals surface area contributed by atoms with Crippen LogP contribution in [0.1, 0.15) is 38.5 Å². The van der Waals surface area contributed by atoms with Crippen LogP contribution < -0.4 is 22.3 Å². The molecule has 0 spiro atoms. The summed E-state index contributed by atoms with van der Waals surface area (Å²) in [4.78, 5) is 16.3. The van der Waals surface area contributed by atoms with Crippen LogP contribution in [0.3, 0.4) is 0 Å². The monoisotopic (exact) mass is 354 g/mol. The van der Waals surface area contributed by atoms with Crippen molar-refractivity contribution >= 4 is 22.4 Å². The number of aliphatic imine (C=N–C) groups is 1. The first kappa shape index (κ1) is 16.8. The number of H-pyrrole nitrogens is 2. The van der Waals surface area contributed by atoms with Gasteiger partial charge in [0.05, 0.1) is 16.9 Å². The van der Waals surface area contributed by atoms with Crippen LogP contribution in [0.15, 0.2) is 39.8 Å². The molecule has 2 aliphatic carbocycles. The summed E-state index contributed by atoms with van der Waals surface area (Å²) in [7, 11) is 0. The third kappa shape index (κ3) is 3.76. The zero-order chi connectivity index (χ0) is 18.1. The van der Waals surface area contributed by atoms with Crippen molar-refractivity contribution < 1.29 is 0 Å². The fourth-order valence-corrected chi connectivity index (χ4v) is 3.73. The highest BCUT2D eigenvalue weighted by Crippen LogP contribution is 2.33. The van der Waals surface area contributed by atoms with Crippen molar-refractivity contribution in [2.24, 2.45) is 22.4 Å². The number of aromatic amines is 2. The number of anilines is 1. The topological polar surface area (TPSA) is 125 Å². The van der Waals surface area contributed by atoms with Crippen LogP contribution >= 0.6 is 0 Å². The molecule has 138 valence electrons. The number of nitrogens with one attached hydrogen (secondary N) is 3. The van der Waals surface area contributed by atoms with E-state index in [0.717, 1.165) is 42.6 Å². The predicted octanol–water partition coefficient (Wildman–Crippen LogP) is 2.19. The Balaban J connectivity index is 1.41. The molecule has 7 nitrogen and oxygen atoms in total. The first-order valence-corrected chi connectivity index (χ1v) is 9.36. The second kappa shape index (κ2) is 6.90. The van der Waals surface area contributed by atoms with Gasteiger partial charge in [0.2, 0.25) is 0 Å². The Morgan fingerprint density at radius 3 is 2.85 bits per heavy atom. The molecular weight excluding hydrogens is 328 g/mol. The van der Waals surface area contributed by atoms with Gasteiger partial charge < -0.3 is 16.8 Å². The number of nitrogens with two attached hydrogens (primary N) is 2. The number of aromatic nitrogens is 2. The number of amidine groups is 1. The van der Waals surface area contributed by atoms with Gasteiger partial charge in [-0.05, 0) is 68.7 Å². The summed E-state index contributed by atoms with van der Waals surface area (Å²) < 4.78 is 0. The summed E-state index contributed by atoms with van der Waals surface area (Å²) in [5, 5.41) is 9.75. The van der Waals surface area contributed by atoms with Gasteiger partial charge in [0.15, 0.2) is 0 Å². The minimum atomic E-state index is -0.0902. The summed E-state index contributed by atoms with van der Waals surface area (Å²) in [5.41, 5.74) is 14.7. The highest BCUT2D eigenvalue weighted by atomic mass is 16.1. The van der Waals surface area contributed by atoms with Crippen molar-refractivity contribution in [2.75, 3.05) is 5.32 Å². The summed E-state index contributed by atoms with van der Waals surface area (Å²) in [5.74, 6) is 1.06. The van der Waals surface area contributed by atoms with E-state index < -0.39 is 0 Å². The van der Waals surface area contributed by atoms with Crippen LogP contribution in [0, 0.1) is 5.92 Å². The largest absolute Gasteiger partial charge is 0.402 e. The molecule has 2 saturated carbocycles. The lowest BCUT2D eigenvalue weighted by molar-refractivity contribution is 0.411. The van der Waals surface area contributed by atoms with Gasteiger partial charge in [-0.3, -0.25) is 20.0 Å². The van der Waals surface area contributed by atoms with Crippen molar-refractivity contribution in [1.29, 1.82) is 0 Å². The summed E-state index contributed by atoms with van der Waals surface area (Å²) >= 11 is 0. The highest BCUT2D eigenvalue weighted by Gasteiger charge is 2.25. The maximum atomic E-state index is 11.6. The highest BCUT2D eigenvalue weighted by molar-refractivity contribution is 5.92. The lowest BCUT2D eigenvalue weighted by atomic mass is 9.91. The number of hydrogen-bond donors (Lipinski definition) is 5. The third-order valence-corrected chi connectivity index (χ3v) is 5.29. The molecule has 2 atom stereocenters. The predicted molar refractivity (Wildman–Crippen MR) is 105 cm³/mol. The van der Waals surface area contributed by atoms with Gasteiger partial charge in [-0.25, -0.2) is 0 Å². The second-order valence-corrected chi connectivity index (χ2v) is 7.47. The molecular formula is C19H26N6O. The Kier molecular flexibility index (Phi) is 4.44. The standard InChI is InChI=1S/C19H26N6O/c20-16(11-4-5-11)10-18(21)23-13-3-1-2-12(8-13)22-14-6-7-15-17(9-14)24-25-19(15)26/h6-7,9-13,22H,1-5,8,20H2,(H2,21,23)(H2,24,25,26)/b16-10-.